The molecule has 0 aliphatic heterocycles. The lowest BCUT2D eigenvalue weighted by atomic mass is 10.1. The Morgan fingerprint density at radius 2 is 1.33 bits per heavy atom. The molecule has 0 radical (unpaired) electrons. The van der Waals surface area contributed by atoms with Gasteiger partial charge in [0.25, 0.3) is 0 Å². The van der Waals surface area contributed by atoms with E-state index in [0.29, 0.717) is 0 Å². The molecular formula is C6H16O13P2. The Bertz CT molecular complexity index is 377. The van der Waals surface area contributed by atoms with Crippen LogP contribution in [0.25, 0.3) is 0 Å². The molecule has 0 bridgehead atoms. The molecule has 3 atom stereocenters. The lowest BCUT2D eigenvalue weighted by Gasteiger charge is -2.19. The van der Waals surface area contributed by atoms with E-state index in [-0.39, 0.29) is 0 Å². The van der Waals surface area contributed by atoms with Crippen molar-refractivity contribution in [3.63, 3.8) is 0 Å². The van der Waals surface area contributed by atoms with E-state index in [9.17, 15) is 13.9 Å². The molecule has 0 aromatic rings. The summed E-state index contributed by atoms with van der Waals surface area (Å²) in [5, 5.41) is 43.1. The number of aliphatic hydroxyl groups is 5. The lowest BCUT2D eigenvalue weighted by molar-refractivity contribution is -0.142. The van der Waals surface area contributed by atoms with Crippen LogP contribution in [0.3, 0.4) is 0 Å². The van der Waals surface area contributed by atoms with Crippen molar-refractivity contribution in [1.82, 2.24) is 0 Å². The van der Waals surface area contributed by atoms with Crippen LogP contribution in [0, 0.1) is 0 Å². The molecule has 9 N–H and O–H groups in total. The van der Waals surface area contributed by atoms with Crippen molar-refractivity contribution in [3.05, 3.63) is 0 Å². The minimum absolute atomic E-state index is 0.767. The van der Waals surface area contributed by atoms with Gasteiger partial charge < -0.3 is 45.1 Å². The first kappa shape index (κ1) is 23.0. The molecule has 13 nitrogen and oxygen atoms in total. The van der Waals surface area contributed by atoms with Gasteiger partial charge in [-0.3, -0.25) is 4.79 Å². The van der Waals surface area contributed by atoms with E-state index in [1.54, 1.807) is 0 Å². The third-order valence-corrected chi connectivity index (χ3v) is 3.31. The number of carbonyl (C=O) groups excluding carboxylic acids is 1. The van der Waals surface area contributed by atoms with Crippen LogP contribution in [0.2, 0.25) is 0 Å². The largest absolute Gasteiger partial charge is 0.478 e. The number of hydrogen-bond donors (Lipinski definition) is 9. The Hall–Kier alpha value is -0.270. The van der Waals surface area contributed by atoms with Gasteiger partial charge in [0, 0.05) is 0 Å². The van der Waals surface area contributed by atoms with Gasteiger partial charge >= 0.3 is 15.6 Å². The van der Waals surface area contributed by atoms with Gasteiger partial charge in [0.05, 0.1) is 6.61 Å². The van der Waals surface area contributed by atoms with Crippen LogP contribution in [0.5, 0.6) is 0 Å². The highest BCUT2D eigenvalue weighted by atomic mass is 31.3. The summed E-state index contributed by atoms with van der Waals surface area (Å²) in [4.78, 5) is 41.5. The molecule has 15 heteroatoms. The molecule has 0 aliphatic carbocycles. The molecule has 0 aromatic heterocycles. The van der Waals surface area contributed by atoms with E-state index >= 15 is 0 Å². The molecule has 128 valence electrons. The molecule has 0 heterocycles. The smallest absolute Gasteiger partial charge is 0.394 e. The van der Waals surface area contributed by atoms with Crippen molar-refractivity contribution in [2.45, 2.75) is 18.3 Å². The Balaban J connectivity index is 0. The van der Waals surface area contributed by atoms with E-state index in [1.165, 1.54) is 0 Å². The van der Waals surface area contributed by atoms with E-state index in [1.807, 2.05) is 0 Å². The van der Waals surface area contributed by atoms with E-state index in [2.05, 4.69) is 4.31 Å². The number of rotatable bonds is 7. The zero-order valence-corrected chi connectivity index (χ0v) is 12.0. The molecule has 0 amide bonds. The van der Waals surface area contributed by atoms with Crippen molar-refractivity contribution in [1.29, 1.82) is 0 Å². The maximum atomic E-state index is 10.5. The van der Waals surface area contributed by atoms with Gasteiger partial charge in [0.1, 0.15) is 24.9 Å². The van der Waals surface area contributed by atoms with Gasteiger partial charge in [0.15, 0.2) is 5.78 Å². The zero-order valence-electron chi connectivity index (χ0n) is 10.2. The van der Waals surface area contributed by atoms with Gasteiger partial charge in [-0.15, -0.1) is 0 Å². The van der Waals surface area contributed by atoms with E-state index in [0.717, 1.165) is 0 Å². The van der Waals surface area contributed by atoms with Gasteiger partial charge in [-0.25, -0.2) is 9.13 Å². The summed E-state index contributed by atoms with van der Waals surface area (Å²) in [7, 11) is -10.1. The minimum Gasteiger partial charge on any atom is -0.394 e. The molecule has 0 unspecified atom stereocenters. The SMILES string of the molecule is O=C(CO)[C@H](O)[C@@H](O)[C@H](O)CO.O=P(O)(O)OP(=O)(O)O. The fourth-order valence-corrected chi connectivity index (χ4v) is 1.85. The van der Waals surface area contributed by atoms with Gasteiger partial charge in [-0.05, 0) is 0 Å². The first-order valence-electron chi connectivity index (χ1n) is 4.86. The van der Waals surface area contributed by atoms with Crippen molar-refractivity contribution in [2.75, 3.05) is 13.2 Å². The fraction of sp³-hybridized carbons (Fsp3) is 0.833. The van der Waals surface area contributed by atoms with Crippen LogP contribution >= 0.6 is 15.6 Å². The Morgan fingerprint density at radius 3 is 1.52 bits per heavy atom. The van der Waals surface area contributed by atoms with Gasteiger partial charge in [0.2, 0.25) is 0 Å². The van der Waals surface area contributed by atoms with Crippen LogP contribution < -0.4 is 0 Å². The monoisotopic (exact) mass is 358 g/mol. The first-order chi connectivity index (χ1) is 9.25. The molecule has 21 heavy (non-hydrogen) atoms. The molecular weight excluding hydrogens is 342 g/mol. The number of carbonyl (C=O) groups is 1. The second-order valence-electron chi connectivity index (χ2n) is 3.37. The third-order valence-electron chi connectivity index (χ3n) is 1.60. The third kappa shape index (κ3) is 13.1. The Labute approximate surface area is 117 Å². The highest BCUT2D eigenvalue weighted by Gasteiger charge is 2.29. The van der Waals surface area contributed by atoms with Crippen molar-refractivity contribution in [2.24, 2.45) is 0 Å². The van der Waals surface area contributed by atoms with Crippen molar-refractivity contribution >= 4 is 21.4 Å². The predicted octanol–water partition coefficient (Wildman–Crippen LogP) is -4.19. The molecule has 0 rings (SSSR count). The topological polar surface area (TPSA) is 243 Å². The highest BCUT2D eigenvalue weighted by molar-refractivity contribution is 7.60. The summed E-state index contributed by atoms with van der Waals surface area (Å²) in [6.07, 6.45) is -5.22. The minimum atomic E-state index is -5.05. The summed E-state index contributed by atoms with van der Waals surface area (Å²) in [6, 6.07) is 0. The average Bonchev–Trinajstić information content (AvgIpc) is 2.31. The fourth-order valence-electron chi connectivity index (χ4n) is 0.741. The zero-order chi connectivity index (χ0) is 17.4. The summed E-state index contributed by atoms with van der Waals surface area (Å²) < 4.78 is 22.2. The second kappa shape index (κ2) is 9.69. The standard InChI is InChI=1S/C6H12O6.H4O7P2/c7-1-3(9)5(11)6(12)4(10)2-8;1-8(2,3)7-9(4,5)6/h3,5-9,11-12H,1-2H2;(H2,1,2,3)(H2,4,5,6)/t3-,5+,6+;/m1./s1. The molecule has 0 aliphatic rings. The second-order valence-corrected chi connectivity index (χ2v) is 5.99. The molecule has 0 saturated heterocycles. The van der Waals surface area contributed by atoms with Gasteiger partial charge in [-0.1, -0.05) is 0 Å². The number of Topliss-reactive ketones (excluding diaryl/α,β-unsaturated/α-hetero) is 1. The molecule has 0 fully saturated rings. The summed E-state index contributed by atoms with van der Waals surface area (Å²) >= 11 is 0. The maximum absolute atomic E-state index is 10.5. The van der Waals surface area contributed by atoms with Crippen molar-refractivity contribution < 1.29 is 63.3 Å². The van der Waals surface area contributed by atoms with Crippen LogP contribution in [-0.4, -0.2) is 82.4 Å². The number of phosphoric acid groups is 2. The van der Waals surface area contributed by atoms with E-state index < -0.39 is 53.0 Å². The molecule has 0 aromatic carbocycles. The number of hydrogen-bond acceptors (Lipinski definition) is 9. The van der Waals surface area contributed by atoms with Crippen LogP contribution in [0.4, 0.5) is 0 Å². The quantitative estimate of drug-likeness (QED) is 0.196. The average molecular weight is 358 g/mol. The lowest BCUT2D eigenvalue weighted by Crippen LogP contribution is -2.44. The van der Waals surface area contributed by atoms with Crippen LogP contribution in [0.1, 0.15) is 0 Å². The number of ketones is 1. The molecule has 0 spiro atoms. The first-order valence-corrected chi connectivity index (χ1v) is 7.92. The van der Waals surface area contributed by atoms with E-state index in [4.69, 9.17) is 45.1 Å². The normalized spacial score (nSPS) is 16.4. The summed E-state index contributed by atoms with van der Waals surface area (Å²) in [5.41, 5.74) is 0. The van der Waals surface area contributed by atoms with Gasteiger partial charge in [-0.2, -0.15) is 4.31 Å². The molecule has 0 saturated carbocycles. The Kier molecular flexibility index (Phi) is 10.6. The van der Waals surface area contributed by atoms with Crippen LogP contribution in [-0.2, 0) is 18.2 Å². The van der Waals surface area contributed by atoms with Crippen LogP contribution in [0.15, 0.2) is 0 Å². The number of aliphatic hydroxyl groups excluding tert-OH is 5. The predicted molar refractivity (Wildman–Crippen MR) is 62.4 cm³/mol. The summed E-state index contributed by atoms with van der Waals surface area (Å²) in [6.45, 7) is -1.69. The highest BCUT2D eigenvalue weighted by Crippen LogP contribution is 2.53. The van der Waals surface area contributed by atoms with Crippen molar-refractivity contribution in [3.8, 4) is 0 Å². The Morgan fingerprint density at radius 1 is 0.952 bits per heavy atom. The maximum Gasteiger partial charge on any atom is 0.478 e. The summed E-state index contributed by atoms with van der Waals surface area (Å²) in [5.74, 6) is -1.00.